The van der Waals surface area contributed by atoms with Crippen molar-refractivity contribution in [3.05, 3.63) is 23.3 Å². The Morgan fingerprint density at radius 3 is 2.40 bits per heavy atom. The molecule has 3 saturated heterocycles. The number of hydrogen-bond acceptors (Lipinski definition) is 11. The van der Waals surface area contributed by atoms with Crippen molar-refractivity contribution in [2.45, 2.75) is 83.8 Å². The van der Waals surface area contributed by atoms with Gasteiger partial charge < -0.3 is 19.1 Å². The number of benzene rings is 1. The monoisotopic (exact) mass is 603 g/mol. The van der Waals surface area contributed by atoms with Crippen LogP contribution in [0.5, 0.6) is 5.75 Å². The number of rotatable bonds is 8. The van der Waals surface area contributed by atoms with Gasteiger partial charge in [-0.2, -0.15) is 13.2 Å². The molecular weight excluding hydrogens is 561 g/mol. The molecule has 1 aromatic rings. The largest absolute Gasteiger partial charge is 0.497 e. The van der Waals surface area contributed by atoms with E-state index >= 15 is 0 Å². The number of morpholine rings is 1. The maximum Gasteiger partial charge on any atom is 0.497 e. The molecular formula is C27H42F3N6O6+. The van der Waals surface area contributed by atoms with Gasteiger partial charge in [-0.25, -0.2) is 15.1 Å². The highest BCUT2D eigenvalue weighted by molar-refractivity contribution is 5.99. The number of fused-ring (bicyclic) bond motifs is 1. The Morgan fingerprint density at radius 2 is 1.83 bits per heavy atom. The molecule has 0 spiro atoms. The van der Waals surface area contributed by atoms with E-state index in [9.17, 15) is 22.8 Å². The van der Waals surface area contributed by atoms with E-state index in [-0.39, 0.29) is 18.1 Å². The SMILES string of the molecule is COc1c(N2CCOCC2)cc(C(=O)C[N+]2(OC(=O)C(F)(F)F)NC(N)N3NC(OC(C)C)CCC32)cc1C(C)(C)C. The van der Waals surface area contributed by atoms with Gasteiger partial charge in [0, 0.05) is 30.6 Å². The molecule has 3 aliphatic heterocycles. The number of halogens is 3. The summed E-state index contributed by atoms with van der Waals surface area (Å²) in [7, 11) is 1.56. The summed E-state index contributed by atoms with van der Waals surface area (Å²) in [6.07, 6.45) is -7.31. The van der Waals surface area contributed by atoms with Gasteiger partial charge in [0.1, 0.15) is 12.0 Å². The lowest BCUT2D eigenvalue weighted by Gasteiger charge is -2.39. The predicted molar refractivity (Wildman–Crippen MR) is 145 cm³/mol. The number of carbonyl (C=O) groups excluding carboxylic acids is 2. The highest BCUT2D eigenvalue weighted by atomic mass is 19.4. The molecule has 12 nitrogen and oxygen atoms in total. The number of hydrazine groups is 1. The number of hydroxylamine groups is 2. The molecule has 3 heterocycles. The number of Topliss-reactive ketones (excluding diaryl/α,β-unsaturated/α-hetero) is 1. The average Bonchev–Trinajstić information content (AvgIpc) is 3.16. The Hall–Kier alpha value is -2.53. The lowest BCUT2D eigenvalue weighted by molar-refractivity contribution is -1.13. The minimum absolute atomic E-state index is 0.123. The van der Waals surface area contributed by atoms with E-state index in [1.54, 1.807) is 19.2 Å². The van der Waals surface area contributed by atoms with Crippen LogP contribution in [-0.2, 0) is 24.5 Å². The van der Waals surface area contributed by atoms with Gasteiger partial charge in [-0.1, -0.05) is 26.2 Å². The van der Waals surface area contributed by atoms with Crippen molar-refractivity contribution < 1.29 is 46.6 Å². The van der Waals surface area contributed by atoms with Gasteiger partial charge in [0.15, 0.2) is 6.29 Å². The second-order valence-electron chi connectivity index (χ2n) is 12.0. The van der Waals surface area contributed by atoms with Crippen LogP contribution in [0.1, 0.15) is 63.4 Å². The number of nitrogens with zero attached hydrogens (tertiary/aromatic N) is 3. The number of carbonyl (C=O) groups is 2. The maximum atomic E-state index is 14.0. The van der Waals surface area contributed by atoms with Crippen molar-refractivity contribution in [1.29, 1.82) is 0 Å². The zero-order valence-corrected chi connectivity index (χ0v) is 24.9. The first kappa shape index (κ1) is 32.4. The first-order valence-corrected chi connectivity index (χ1v) is 14.1. The van der Waals surface area contributed by atoms with Crippen molar-refractivity contribution >= 4 is 17.4 Å². The van der Waals surface area contributed by atoms with Crippen molar-refractivity contribution in [2.24, 2.45) is 5.73 Å². The molecule has 4 atom stereocenters. The fourth-order valence-corrected chi connectivity index (χ4v) is 5.59. The van der Waals surface area contributed by atoms with Crippen LogP contribution in [-0.4, -0.2) is 92.4 Å². The van der Waals surface area contributed by atoms with Crippen LogP contribution in [0.2, 0.25) is 0 Å². The summed E-state index contributed by atoms with van der Waals surface area (Å²) in [5.41, 5.74) is 13.3. The molecule has 236 valence electrons. The van der Waals surface area contributed by atoms with Crippen molar-refractivity contribution in [3.8, 4) is 5.75 Å². The van der Waals surface area contributed by atoms with Crippen LogP contribution in [0.3, 0.4) is 0 Å². The van der Waals surface area contributed by atoms with Gasteiger partial charge in [0.25, 0.3) is 0 Å². The summed E-state index contributed by atoms with van der Waals surface area (Å²) in [4.78, 5) is 33.4. The Kier molecular flexibility index (Phi) is 9.43. The van der Waals surface area contributed by atoms with E-state index in [2.05, 4.69) is 10.9 Å². The number of alkyl halides is 3. The Labute approximate surface area is 243 Å². The van der Waals surface area contributed by atoms with Gasteiger partial charge in [0.05, 0.1) is 32.1 Å². The molecule has 3 fully saturated rings. The summed E-state index contributed by atoms with van der Waals surface area (Å²) in [5.74, 6) is -2.38. The van der Waals surface area contributed by atoms with Gasteiger partial charge in [-0.15, -0.1) is 5.01 Å². The van der Waals surface area contributed by atoms with Crippen molar-refractivity contribution in [3.63, 3.8) is 0 Å². The number of methoxy groups -OCH3 is 1. The molecule has 0 saturated carbocycles. The van der Waals surface area contributed by atoms with Crippen LogP contribution >= 0.6 is 0 Å². The Morgan fingerprint density at radius 1 is 1.17 bits per heavy atom. The molecule has 4 N–H and O–H groups in total. The molecule has 42 heavy (non-hydrogen) atoms. The summed E-state index contributed by atoms with van der Waals surface area (Å²) in [6, 6.07) is 3.36. The molecule has 0 aromatic heterocycles. The highest BCUT2D eigenvalue weighted by Gasteiger charge is 2.61. The molecule has 15 heteroatoms. The van der Waals surface area contributed by atoms with Crippen LogP contribution in [0.15, 0.2) is 12.1 Å². The topological polar surface area (TPSA) is 128 Å². The highest BCUT2D eigenvalue weighted by Crippen LogP contribution is 2.41. The third-order valence-corrected chi connectivity index (χ3v) is 7.48. The van der Waals surface area contributed by atoms with E-state index in [1.165, 1.54) is 5.01 Å². The minimum atomic E-state index is -5.29. The van der Waals surface area contributed by atoms with E-state index in [0.29, 0.717) is 44.2 Å². The zero-order chi connectivity index (χ0) is 31.0. The van der Waals surface area contributed by atoms with Crippen molar-refractivity contribution in [2.75, 3.05) is 44.9 Å². The van der Waals surface area contributed by atoms with E-state index in [1.807, 2.05) is 39.5 Å². The first-order valence-electron chi connectivity index (χ1n) is 14.1. The van der Waals surface area contributed by atoms with Gasteiger partial charge in [0.2, 0.25) is 18.5 Å². The predicted octanol–water partition coefficient (Wildman–Crippen LogP) is 2.29. The number of ketones is 1. The summed E-state index contributed by atoms with van der Waals surface area (Å²) in [6.45, 7) is 11.1. The van der Waals surface area contributed by atoms with E-state index in [0.717, 1.165) is 5.56 Å². The molecule has 3 aliphatic rings. The second kappa shape index (κ2) is 12.2. The van der Waals surface area contributed by atoms with Crippen LogP contribution in [0.4, 0.5) is 18.9 Å². The summed E-state index contributed by atoms with van der Waals surface area (Å²) < 4.78 is 56.4. The summed E-state index contributed by atoms with van der Waals surface area (Å²) >= 11 is 0. The number of quaternary nitrogens is 1. The van der Waals surface area contributed by atoms with Gasteiger partial charge in [-0.05, 0) is 42.6 Å². The van der Waals surface area contributed by atoms with Crippen molar-refractivity contribution in [1.82, 2.24) is 15.9 Å². The Balaban J connectivity index is 1.73. The number of nitrogens with one attached hydrogen (secondary N) is 2. The molecule has 4 rings (SSSR count). The quantitative estimate of drug-likeness (QED) is 0.299. The lowest BCUT2D eigenvalue weighted by atomic mass is 9.84. The molecule has 0 radical (unpaired) electrons. The zero-order valence-electron chi connectivity index (χ0n) is 24.9. The van der Waals surface area contributed by atoms with E-state index < -0.39 is 53.3 Å². The minimum Gasteiger partial charge on any atom is -0.494 e. The molecule has 4 unspecified atom stereocenters. The third kappa shape index (κ3) is 6.82. The number of nitrogens with two attached hydrogens (primary N) is 1. The smallest absolute Gasteiger partial charge is 0.494 e. The average molecular weight is 604 g/mol. The number of ether oxygens (including phenoxy) is 3. The normalized spacial score (nSPS) is 27.2. The fraction of sp³-hybridized carbons (Fsp3) is 0.704. The number of anilines is 1. The molecule has 1 aromatic carbocycles. The number of hydrogen-bond donors (Lipinski definition) is 3. The summed E-state index contributed by atoms with van der Waals surface area (Å²) in [5, 5.41) is 1.45. The lowest BCUT2D eigenvalue weighted by Crippen LogP contribution is -2.66. The molecule has 0 amide bonds. The maximum absolute atomic E-state index is 14.0. The molecule has 0 aliphatic carbocycles. The Bertz CT molecular complexity index is 1160. The first-order chi connectivity index (χ1) is 19.6. The second-order valence-corrected chi connectivity index (χ2v) is 12.0. The standard InChI is InChI=1S/C27H42F3N6O6/c1-16(2)41-21-7-8-22-35(32-21)25(31)33-36(22,42-24(38)27(28,29)30)15-20(37)17-13-18(26(3,4)5)23(39-6)19(14-17)34-9-11-40-12-10-34/h13-14,16,21-22,25,32-33H,7-12,15,31H2,1-6H3/q+1. The molecule has 0 bridgehead atoms. The van der Waals surface area contributed by atoms with Crippen LogP contribution < -0.4 is 26.2 Å². The van der Waals surface area contributed by atoms with Crippen LogP contribution in [0, 0.1) is 0 Å². The van der Waals surface area contributed by atoms with Gasteiger partial charge in [-0.3, -0.25) is 10.5 Å². The van der Waals surface area contributed by atoms with Crippen LogP contribution in [0.25, 0.3) is 0 Å². The van der Waals surface area contributed by atoms with Gasteiger partial charge >= 0.3 is 12.1 Å². The van der Waals surface area contributed by atoms with E-state index in [4.69, 9.17) is 24.8 Å². The fourth-order valence-electron chi connectivity index (χ4n) is 5.59. The third-order valence-electron chi connectivity index (χ3n) is 7.48.